The van der Waals surface area contributed by atoms with Gasteiger partial charge in [-0.25, -0.2) is 4.79 Å². The van der Waals surface area contributed by atoms with Crippen molar-refractivity contribution in [2.45, 2.75) is 0 Å². The molecule has 0 bridgehead atoms. The number of ether oxygens (including phenoxy) is 1. The maximum Gasteiger partial charge on any atom is 0.353 e. The number of benzene rings is 1. The number of aromatic nitrogens is 1. The van der Waals surface area contributed by atoms with Crippen LogP contribution < -0.4 is 5.73 Å². The first kappa shape index (κ1) is 11.5. The molecule has 1 heterocycles. The third-order valence-electron chi connectivity index (χ3n) is 2.41. The molecular formula is C12H11ClN2O2. The van der Waals surface area contributed by atoms with Crippen LogP contribution in [0.5, 0.6) is 0 Å². The summed E-state index contributed by atoms with van der Waals surface area (Å²) in [6, 6.07) is 5.45. The summed E-state index contributed by atoms with van der Waals surface area (Å²) < 4.78 is 4.53. The van der Waals surface area contributed by atoms with Crippen molar-refractivity contribution in [2.75, 3.05) is 7.11 Å². The fraction of sp³-hybridized carbons (Fsp3) is 0.0833. The molecule has 0 atom stereocenters. The Morgan fingerprint density at radius 1 is 1.53 bits per heavy atom. The minimum atomic E-state index is -0.548. The van der Waals surface area contributed by atoms with Crippen LogP contribution in [0.15, 0.2) is 30.1 Å². The second-order valence-corrected chi connectivity index (χ2v) is 3.96. The first-order chi connectivity index (χ1) is 8.11. The summed E-state index contributed by atoms with van der Waals surface area (Å²) in [5.74, 6) is -0.548. The monoisotopic (exact) mass is 250 g/mol. The van der Waals surface area contributed by atoms with E-state index in [1.54, 1.807) is 18.3 Å². The van der Waals surface area contributed by atoms with Gasteiger partial charge in [0.25, 0.3) is 0 Å². The Hall–Kier alpha value is -1.94. The minimum Gasteiger partial charge on any atom is -0.464 e. The van der Waals surface area contributed by atoms with Gasteiger partial charge in [-0.05, 0) is 18.2 Å². The van der Waals surface area contributed by atoms with Crippen LogP contribution in [0.4, 0.5) is 0 Å². The zero-order chi connectivity index (χ0) is 12.4. The number of hydrogen-bond donors (Lipinski definition) is 2. The molecule has 0 spiro atoms. The molecule has 0 unspecified atom stereocenters. The molecule has 88 valence electrons. The van der Waals surface area contributed by atoms with Gasteiger partial charge in [0.05, 0.1) is 7.11 Å². The fourth-order valence-corrected chi connectivity index (χ4v) is 1.76. The number of methoxy groups -OCH3 is 1. The van der Waals surface area contributed by atoms with Crippen LogP contribution in [0.3, 0.4) is 0 Å². The molecule has 1 aromatic heterocycles. The van der Waals surface area contributed by atoms with Crippen LogP contribution in [-0.2, 0) is 9.53 Å². The first-order valence-electron chi connectivity index (χ1n) is 4.94. The van der Waals surface area contributed by atoms with E-state index in [1.165, 1.54) is 7.11 Å². The predicted octanol–water partition coefficient (Wildman–Crippen LogP) is 2.29. The summed E-state index contributed by atoms with van der Waals surface area (Å²) in [5, 5.41) is 1.59. The van der Waals surface area contributed by atoms with E-state index in [4.69, 9.17) is 17.3 Å². The SMILES string of the molecule is COC(=O)C(N)=Cc1c[nH]c2cc(Cl)ccc12. The highest BCUT2D eigenvalue weighted by atomic mass is 35.5. The number of fused-ring (bicyclic) bond motifs is 1. The van der Waals surface area contributed by atoms with Gasteiger partial charge in [0.15, 0.2) is 0 Å². The maximum atomic E-state index is 11.2. The lowest BCUT2D eigenvalue weighted by Crippen LogP contribution is -2.12. The summed E-state index contributed by atoms with van der Waals surface area (Å²) in [6.45, 7) is 0. The normalized spacial score (nSPS) is 11.8. The number of rotatable bonds is 2. The standard InChI is InChI=1S/C12H11ClN2O2/c1-17-12(16)10(14)4-7-6-15-11-5-8(13)2-3-9(7)11/h2-6,15H,14H2,1H3. The Labute approximate surface area is 103 Å². The van der Waals surface area contributed by atoms with Crippen LogP contribution in [0.1, 0.15) is 5.56 Å². The van der Waals surface area contributed by atoms with E-state index in [2.05, 4.69) is 9.72 Å². The first-order valence-corrected chi connectivity index (χ1v) is 5.31. The second-order valence-electron chi connectivity index (χ2n) is 3.53. The average Bonchev–Trinajstić information content (AvgIpc) is 2.70. The molecule has 0 amide bonds. The van der Waals surface area contributed by atoms with Gasteiger partial charge >= 0.3 is 5.97 Å². The number of carbonyl (C=O) groups is 1. The van der Waals surface area contributed by atoms with E-state index in [1.807, 2.05) is 12.1 Å². The Morgan fingerprint density at radius 3 is 3.00 bits per heavy atom. The molecule has 4 nitrogen and oxygen atoms in total. The van der Waals surface area contributed by atoms with Gasteiger partial charge in [-0.1, -0.05) is 17.7 Å². The molecule has 1 aromatic carbocycles. The zero-order valence-corrected chi connectivity index (χ0v) is 9.91. The third kappa shape index (κ3) is 2.26. The molecule has 0 radical (unpaired) electrons. The molecule has 2 aromatic rings. The van der Waals surface area contributed by atoms with E-state index in [-0.39, 0.29) is 5.70 Å². The highest BCUT2D eigenvalue weighted by Crippen LogP contribution is 2.23. The lowest BCUT2D eigenvalue weighted by Gasteiger charge is -1.98. The molecule has 0 fully saturated rings. The maximum absolute atomic E-state index is 11.2. The minimum absolute atomic E-state index is 0.0587. The van der Waals surface area contributed by atoms with Crippen molar-refractivity contribution in [3.63, 3.8) is 0 Å². The summed E-state index contributed by atoms with van der Waals surface area (Å²) >= 11 is 5.87. The quantitative estimate of drug-likeness (QED) is 0.635. The number of hydrogen-bond acceptors (Lipinski definition) is 3. The topological polar surface area (TPSA) is 68.1 Å². The Kier molecular flexibility index (Phi) is 3.06. The summed E-state index contributed by atoms with van der Waals surface area (Å²) in [4.78, 5) is 14.2. The third-order valence-corrected chi connectivity index (χ3v) is 2.64. The molecule has 5 heteroatoms. The Bertz CT molecular complexity index is 602. The number of carbonyl (C=O) groups excluding carboxylic acids is 1. The highest BCUT2D eigenvalue weighted by Gasteiger charge is 2.07. The van der Waals surface area contributed by atoms with Gasteiger partial charge in [-0.3, -0.25) is 0 Å². The summed E-state index contributed by atoms with van der Waals surface area (Å²) in [5.41, 5.74) is 7.35. The molecule has 0 aliphatic rings. The van der Waals surface area contributed by atoms with Gasteiger partial charge in [0.2, 0.25) is 0 Å². The number of H-pyrrole nitrogens is 1. The van der Waals surface area contributed by atoms with Gasteiger partial charge in [-0.15, -0.1) is 0 Å². The Morgan fingerprint density at radius 2 is 2.29 bits per heavy atom. The van der Waals surface area contributed by atoms with Gasteiger partial charge < -0.3 is 15.5 Å². The number of nitrogens with one attached hydrogen (secondary N) is 1. The molecule has 3 N–H and O–H groups in total. The Balaban J connectivity index is 2.47. The van der Waals surface area contributed by atoms with E-state index in [0.717, 1.165) is 16.5 Å². The van der Waals surface area contributed by atoms with Crippen LogP contribution in [0.25, 0.3) is 17.0 Å². The van der Waals surface area contributed by atoms with Crippen LogP contribution in [0, 0.1) is 0 Å². The average molecular weight is 251 g/mol. The van der Waals surface area contributed by atoms with Gasteiger partial charge in [-0.2, -0.15) is 0 Å². The van der Waals surface area contributed by atoms with Crippen molar-refractivity contribution < 1.29 is 9.53 Å². The van der Waals surface area contributed by atoms with Crippen molar-refractivity contribution in [1.29, 1.82) is 0 Å². The molecule has 0 aliphatic carbocycles. The van der Waals surface area contributed by atoms with Crippen LogP contribution in [0.2, 0.25) is 5.02 Å². The summed E-state index contributed by atoms with van der Waals surface area (Å²) in [7, 11) is 1.29. The molecule has 0 saturated heterocycles. The van der Waals surface area contributed by atoms with Crippen LogP contribution >= 0.6 is 11.6 Å². The van der Waals surface area contributed by atoms with E-state index >= 15 is 0 Å². The summed E-state index contributed by atoms with van der Waals surface area (Å²) in [6.07, 6.45) is 3.33. The largest absolute Gasteiger partial charge is 0.464 e. The van der Waals surface area contributed by atoms with Gasteiger partial charge in [0, 0.05) is 27.7 Å². The molecular weight excluding hydrogens is 240 g/mol. The van der Waals surface area contributed by atoms with E-state index < -0.39 is 5.97 Å². The second kappa shape index (κ2) is 4.51. The van der Waals surface area contributed by atoms with Crippen LogP contribution in [-0.4, -0.2) is 18.1 Å². The number of nitrogens with two attached hydrogens (primary N) is 1. The number of esters is 1. The van der Waals surface area contributed by atoms with Crippen molar-refractivity contribution in [2.24, 2.45) is 5.73 Å². The van der Waals surface area contributed by atoms with Crippen molar-refractivity contribution in [3.05, 3.63) is 40.7 Å². The molecule has 0 saturated carbocycles. The molecule has 0 aliphatic heterocycles. The fourth-order valence-electron chi connectivity index (χ4n) is 1.58. The lowest BCUT2D eigenvalue weighted by atomic mass is 10.1. The van der Waals surface area contributed by atoms with Crippen molar-refractivity contribution in [1.82, 2.24) is 4.98 Å². The number of aromatic amines is 1. The predicted molar refractivity (Wildman–Crippen MR) is 67.5 cm³/mol. The highest BCUT2D eigenvalue weighted by molar-refractivity contribution is 6.31. The van der Waals surface area contributed by atoms with E-state index in [9.17, 15) is 4.79 Å². The van der Waals surface area contributed by atoms with Crippen molar-refractivity contribution in [3.8, 4) is 0 Å². The zero-order valence-electron chi connectivity index (χ0n) is 9.16. The molecule has 2 rings (SSSR count). The smallest absolute Gasteiger partial charge is 0.353 e. The van der Waals surface area contributed by atoms with Crippen molar-refractivity contribution >= 4 is 34.5 Å². The van der Waals surface area contributed by atoms with Gasteiger partial charge in [0.1, 0.15) is 5.70 Å². The van der Waals surface area contributed by atoms with E-state index in [0.29, 0.717) is 5.02 Å². The number of halogens is 1. The lowest BCUT2D eigenvalue weighted by molar-refractivity contribution is -0.136. The molecule has 17 heavy (non-hydrogen) atoms.